The topological polar surface area (TPSA) is 67.4 Å². The third-order valence-corrected chi connectivity index (χ3v) is 8.47. The maximum Gasteiger partial charge on any atom is 0.417 e. The van der Waals surface area contributed by atoms with Crippen LogP contribution in [0, 0.1) is 12.8 Å². The standard InChI is InChI=1S/C28H32F3N5O2/c1-17-24-26(33-38-17)25-23(13-20(14-32-25)28(29,30)31)36(27(24)37)21-8-3-6-18(12-21)15-35-11-4-7-19(16-35)22-9-5-10-34(22)2/h4,7,13-14,16,18,21-22H,3,5-6,8-12,15H2,1-2H3. The molecular weight excluding hydrogens is 495 g/mol. The molecule has 0 bridgehead atoms. The minimum absolute atomic E-state index is 0.170. The van der Waals surface area contributed by atoms with E-state index in [0.29, 0.717) is 29.5 Å². The Balaban J connectivity index is 1.33. The molecule has 6 rings (SSSR count). The van der Waals surface area contributed by atoms with E-state index >= 15 is 0 Å². The van der Waals surface area contributed by atoms with Crippen molar-refractivity contribution in [3.05, 3.63) is 57.9 Å². The first kappa shape index (κ1) is 25.2. The van der Waals surface area contributed by atoms with Crippen molar-refractivity contribution in [2.24, 2.45) is 5.92 Å². The lowest BCUT2D eigenvalue weighted by atomic mass is 9.84. The molecular formula is C28H32F3N5O2. The van der Waals surface area contributed by atoms with Gasteiger partial charge in [-0.2, -0.15) is 13.2 Å². The molecule has 1 aliphatic carbocycles. The van der Waals surface area contributed by atoms with Crippen molar-refractivity contribution >= 4 is 21.9 Å². The largest absolute Gasteiger partial charge is 0.417 e. The van der Waals surface area contributed by atoms with Crippen LogP contribution in [0.4, 0.5) is 13.2 Å². The molecule has 0 N–H and O–H groups in total. The summed E-state index contributed by atoms with van der Waals surface area (Å²) < 4.78 is 47.7. The molecule has 0 radical (unpaired) electrons. The van der Waals surface area contributed by atoms with E-state index in [2.05, 4.69) is 45.3 Å². The predicted octanol–water partition coefficient (Wildman–Crippen LogP) is 5.45. The van der Waals surface area contributed by atoms with Gasteiger partial charge in [0.15, 0.2) is 0 Å². The van der Waals surface area contributed by atoms with Gasteiger partial charge in [-0.25, -0.2) is 0 Å². The summed E-state index contributed by atoms with van der Waals surface area (Å²) in [5.74, 6) is 0.670. The molecule has 3 atom stereocenters. The highest BCUT2D eigenvalue weighted by molar-refractivity contribution is 6.01. The summed E-state index contributed by atoms with van der Waals surface area (Å²) in [5, 5.41) is 4.26. The van der Waals surface area contributed by atoms with Crippen LogP contribution in [-0.2, 0) is 6.18 Å². The zero-order valence-electron chi connectivity index (χ0n) is 21.7. The van der Waals surface area contributed by atoms with Crippen molar-refractivity contribution in [3.8, 4) is 0 Å². The molecule has 202 valence electrons. The van der Waals surface area contributed by atoms with Gasteiger partial charge in [0.25, 0.3) is 5.56 Å². The fourth-order valence-corrected chi connectivity index (χ4v) is 6.63. The van der Waals surface area contributed by atoms with Crippen molar-refractivity contribution in [1.29, 1.82) is 0 Å². The number of likely N-dealkylation sites (N-methyl/N-ethyl adjacent to an activating group) is 1. The molecule has 7 nitrogen and oxygen atoms in total. The van der Waals surface area contributed by atoms with Crippen molar-refractivity contribution in [2.45, 2.75) is 63.7 Å². The second kappa shape index (κ2) is 9.55. The van der Waals surface area contributed by atoms with Crippen LogP contribution in [0.15, 0.2) is 45.5 Å². The number of rotatable bonds is 4. The number of likely N-dealkylation sites (tertiary alicyclic amines) is 1. The van der Waals surface area contributed by atoms with E-state index in [4.69, 9.17) is 4.52 Å². The quantitative estimate of drug-likeness (QED) is 0.450. The van der Waals surface area contributed by atoms with Gasteiger partial charge in [-0.1, -0.05) is 23.7 Å². The highest BCUT2D eigenvalue weighted by atomic mass is 19.4. The van der Waals surface area contributed by atoms with Crippen LogP contribution in [-0.4, -0.2) is 57.2 Å². The van der Waals surface area contributed by atoms with Gasteiger partial charge < -0.3 is 14.0 Å². The molecule has 10 heteroatoms. The molecule has 2 aliphatic heterocycles. The normalized spacial score (nSPS) is 25.0. The van der Waals surface area contributed by atoms with E-state index in [0.717, 1.165) is 51.2 Å². The molecule has 5 heterocycles. The maximum atomic E-state index is 13.7. The molecule has 3 unspecified atom stereocenters. The number of alkyl halides is 3. The second-order valence-electron chi connectivity index (χ2n) is 11.0. The molecule has 0 aromatic carbocycles. The molecule has 3 aromatic heterocycles. The zero-order chi connectivity index (χ0) is 26.6. The number of fused-ring (bicyclic) bond motifs is 3. The van der Waals surface area contributed by atoms with E-state index in [1.807, 2.05) is 0 Å². The first-order valence-corrected chi connectivity index (χ1v) is 13.4. The first-order valence-electron chi connectivity index (χ1n) is 13.4. The van der Waals surface area contributed by atoms with Gasteiger partial charge in [0.1, 0.15) is 22.2 Å². The first-order chi connectivity index (χ1) is 18.2. The van der Waals surface area contributed by atoms with E-state index in [-0.39, 0.29) is 28.2 Å². The lowest BCUT2D eigenvalue weighted by Gasteiger charge is -2.35. The average Bonchev–Trinajstić information content (AvgIpc) is 3.49. The highest BCUT2D eigenvalue weighted by Crippen LogP contribution is 2.37. The third-order valence-electron chi connectivity index (χ3n) is 8.47. The molecule has 1 saturated heterocycles. The zero-order valence-corrected chi connectivity index (χ0v) is 21.7. The molecule has 2 fully saturated rings. The number of hydrogen-bond acceptors (Lipinski definition) is 6. The van der Waals surface area contributed by atoms with Crippen LogP contribution in [0.1, 0.15) is 55.9 Å². The summed E-state index contributed by atoms with van der Waals surface area (Å²) in [4.78, 5) is 22.6. The Morgan fingerprint density at radius 2 is 2.00 bits per heavy atom. The number of nitrogens with zero attached hydrogens (tertiary/aromatic N) is 5. The van der Waals surface area contributed by atoms with Gasteiger partial charge >= 0.3 is 6.18 Å². The summed E-state index contributed by atoms with van der Waals surface area (Å²) in [6, 6.07) is 1.27. The number of halogens is 3. The van der Waals surface area contributed by atoms with E-state index in [1.54, 1.807) is 11.5 Å². The lowest BCUT2D eigenvalue weighted by molar-refractivity contribution is -0.137. The maximum absolute atomic E-state index is 13.7. The molecule has 38 heavy (non-hydrogen) atoms. The number of pyridine rings is 2. The van der Waals surface area contributed by atoms with E-state index < -0.39 is 11.7 Å². The fourth-order valence-electron chi connectivity index (χ4n) is 6.63. The minimum Gasteiger partial charge on any atom is -0.373 e. The van der Waals surface area contributed by atoms with Crippen molar-refractivity contribution in [3.63, 3.8) is 0 Å². The van der Waals surface area contributed by atoms with Crippen molar-refractivity contribution in [1.82, 2.24) is 24.5 Å². The van der Waals surface area contributed by atoms with Crippen LogP contribution in [0.25, 0.3) is 21.9 Å². The van der Waals surface area contributed by atoms with Gasteiger partial charge in [0, 0.05) is 37.6 Å². The lowest BCUT2D eigenvalue weighted by Crippen LogP contribution is -2.35. The number of aryl methyl sites for hydroxylation is 1. The van der Waals surface area contributed by atoms with Crippen LogP contribution in [0.2, 0.25) is 0 Å². The Morgan fingerprint density at radius 3 is 2.76 bits per heavy atom. The van der Waals surface area contributed by atoms with Crippen molar-refractivity contribution < 1.29 is 17.7 Å². The summed E-state index contributed by atoms with van der Waals surface area (Å²) in [5.41, 5.74) is 0.759. The molecule has 3 aromatic rings. The Labute approximate surface area is 218 Å². The number of aromatic nitrogens is 3. The smallest absolute Gasteiger partial charge is 0.373 e. The van der Waals surface area contributed by atoms with Gasteiger partial charge in [-0.15, -0.1) is 0 Å². The Morgan fingerprint density at radius 1 is 1.16 bits per heavy atom. The van der Waals surface area contributed by atoms with Crippen molar-refractivity contribution in [2.75, 3.05) is 26.7 Å². The van der Waals surface area contributed by atoms with Gasteiger partial charge in [0.05, 0.1) is 11.1 Å². The Kier molecular flexibility index (Phi) is 6.32. The summed E-state index contributed by atoms with van der Waals surface area (Å²) >= 11 is 0. The molecule has 3 aliphatic rings. The monoisotopic (exact) mass is 527 g/mol. The van der Waals surface area contributed by atoms with Crippen LogP contribution < -0.4 is 5.56 Å². The Hall–Kier alpha value is -3.14. The van der Waals surface area contributed by atoms with E-state index in [9.17, 15) is 18.0 Å². The van der Waals surface area contributed by atoms with E-state index in [1.165, 1.54) is 18.4 Å². The molecule has 0 spiro atoms. The summed E-state index contributed by atoms with van der Waals surface area (Å²) in [6.45, 7) is 4.46. The minimum atomic E-state index is -4.56. The number of hydrogen-bond donors (Lipinski definition) is 0. The van der Waals surface area contributed by atoms with Crippen LogP contribution >= 0.6 is 0 Å². The van der Waals surface area contributed by atoms with Crippen LogP contribution in [0.3, 0.4) is 0 Å². The van der Waals surface area contributed by atoms with Gasteiger partial charge in [-0.3, -0.25) is 14.7 Å². The van der Waals surface area contributed by atoms with Crippen LogP contribution in [0.5, 0.6) is 0 Å². The summed E-state index contributed by atoms with van der Waals surface area (Å²) in [6.07, 6.45) is 8.72. The SMILES string of the molecule is Cc1onc2c1c(=O)n(C1CCCC(CN3C=C(C4CCCN4C)C=CC3)C1)c1cc(C(F)(F)F)cnc21. The van der Waals surface area contributed by atoms with Gasteiger partial charge in [-0.05, 0) is 70.2 Å². The predicted molar refractivity (Wildman–Crippen MR) is 139 cm³/mol. The Bertz CT molecular complexity index is 1490. The third kappa shape index (κ3) is 4.42. The molecule has 0 amide bonds. The van der Waals surface area contributed by atoms with Gasteiger partial charge in [0.2, 0.25) is 0 Å². The average molecular weight is 528 g/mol. The molecule has 1 saturated carbocycles. The highest BCUT2D eigenvalue weighted by Gasteiger charge is 2.34. The fraction of sp³-hybridized carbons (Fsp3) is 0.536. The second-order valence-corrected chi connectivity index (χ2v) is 11.0. The summed E-state index contributed by atoms with van der Waals surface area (Å²) in [7, 11) is 2.17.